The molecule has 0 aromatic heterocycles. The summed E-state index contributed by atoms with van der Waals surface area (Å²) in [5, 5.41) is 39.7. The molecule has 2 rings (SSSR count). The van der Waals surface area contributed by atoms with E-state index in [4.69, 9.17) is 15.3 Å². The summed E-state index contributed by atoms with van der Waals surface area (Å²) in [7, 11) is 0. The van der Waals surface area contributed by atoms with Crippen molar-refractivity contribution in [3.63, 3.8) is 0 Å². The van der Waals surface area contributed by atoms with Crippen molar-refractivity contribution in [1.82, 2.24) is 10.2 Å². The monoisotopic (exact) mass is 416 g/mol. The van der Waals surface area contributed by atoms with E-state index in [9.17, 15) is 15.0 Å². The topological polar surface area (TPSA) is 130 Å². The van der Waals surface area contributed by atoms with Gasteiger partial charge in [-0.2, -0.15) is 10.5 Å². The lowest BCUT2D eigenvalue weighted by atomic mass is 9.89. The minimum atomic E-state index is -0.937. The molecule has 9 heteroatoms. The number of halogens is 1. The van der Waals surface area contributed by atoms with Gasteiger partial charge in [0, 0.05) is 13.1 Å². The summed E-state index contributed by atoms with van der Waals surface area (Å²) in [4.78, 5) is 13.3. The molecule has 0 atom stereocenters. The van der Waals surface area contributed by atoms with Crippen molar-refractivity contribution in [2.75, 3.05) is 26.2 Å². The number of ether oxygens (including phenoxy) is 1. The molecule has 2 fully saturated rings. The fourth-order valence-corrected chi connectivity index (χ4v) is 2.97. The van der Waals surface area contributed by atoms with Crippen molar-refractivity contribution in [2.24, 2.45) is 0 Å². The van der Waals surface area contributed by atoms with Crippen molar-refractivity contribution in [2.45, 2.75) is 76.1 Å². The van der Waals surface area contributed by atoms with Gasteiger partial charge < -0.3 is 25.2 Å². The zero-order chi connectivity index (χ0) is 20.6. The van der Waals surface area contributed by atoms with Gasteiger partial charge in [0.1, 0.15) is 5.60 Å². The first kappa shape index (κ1) is 26.4. The van der Waals surface area contributed by atoms with Gasteiger partial charge in [0.05, 0.1) is 36.2 Å². The molecule has 0 aromatic rings. The van der Waals surface area contributed by atoms with Gasteiger partial charge in [0.2, 0.25) is 0 Å². The van der Waals surface area contributed by atoms with E-state index in [1.165, 1.54) is 0 Å². The lowest BCUT2D eigenvalue weighted by Crippen LogP contribution is -2.47. The summed E-state index contributed by atoms with van der Waals surface area (Å²) < 4.78 is 5.25. The Morgan fingerprint density at radius 2 is 1.46 bits per heavy atom. The van der Waals surface area contributed by atoms with E-state index in [0.717, 1.165) is 13.1 Å². The van der Waals surface area contributed by atoms with Gasteiger partial charge in [-0.25, -0.2) is 4.79 Å². The van der Waals surface area contributed by atoms with Crippen LogP contribution in [0, 0.1) is 22.7 Å². The van der Waals surface area contributed by atoms with Crippen LogP contribution >= 0.6 is 12.4 Å². The molecular formula is C19H33ClN4O4. The van der Waals surface area contributed by atoms with Gasteiger partial charge in [0.15, 0.2) is 0 Å². The fourth-order valence-electron chi connectivity index (χ4n) is 2.97. The molecule has 3 N–H and O–H groups in total. The number of piperidine rings is 2. The average Bonchev–Trinajstić information content (AvgIpc) is 2.55. The molecule has 0 bridgehead atoms. The molecule has 2 aliphatic rings. The molecule has 28 heavy (non-hydrogen) atoms. The highest BCUT2D eigenvalue weighted by atomic mass is 35.5. The van der Waals surface area contributed by atoms with Crippen LogP contribution < -0.4 is 5.32 Å². The molecule has 0 saturated carbocycles. The Labute approximate surface area is 173 Å². The van der Waals surface area contributed by atoms with Gasteiger partial charge in [-0.3, -0.25) is 0 Å². The minimum Gasteiger partial charge on any atom is -0.444 e. The maximum Gasteiger partial charge on any atom is 0.410 e. The average molecular weight is 417 g/mol. The summed E-state index contributed by atoms with van der Waals surface area (Å²) in [6.45, 7) is 8.00. The van der Waals surface area contributed by atoms with E-state index in [1.807, 2.05) is 32.9 Å². The normalized spacial score (nSPS) is 20.3. The summed E-state index contributed by atoms with van der Waals surface area (Å²) in [6, 6.07) is 3.98. The van der Waals surface area contributed by atoms with E-state index >= 15 is 0 Å². The Hall–Kier alpha value is -1.58. The molecule has 0 spiro atoms. The molecule has 0 unspecified atom stereocenters. The maximum absolute atomic E-state index is 11.7. The second kappa shape index (κ2) is 11.4. The highest BCUT2D eigenvalue weighted by molar-refractivity contribution is 5.85. The molecule has 160 valence electrons. The molecule has 2 aliphatic heterocycles. The van der Waals surface area contributed by atoms with Crippen LogP contribution in [0.1, 0.15) is 59.3 Å². The minimum absolute atomic E-state index is 0. The third kappa shape index (κ3) is 9.57. The number of rotatable bonds is 2. The van der Waals surface area contributed by atoms with Crippen LogP contribution in [0.2, 0.25) is 0 Å². The number of likely N-dealkylation sites (tertiary alicyclic amines) is 1. The summed E-state index contributed by atoms with van der Waals surface area (Å²) in [5.74, 6) is 0. The zero-order valence-corrected chi connectivity index (χ0v) is 17.8. The third-order valence-corrected chi connectivity index (χ3v) is 4.70. The summed E-state index contributed by atoms with van der Waals surface area (Å²) in [6.07, 6.45) is 2.32. The van der Waals surface area contributed by atoms with Crippen LogP contribution in [-0.2, 0) is 4.74 Å². The van der Waals surface area contributed by atoms with Gasteiger partial charge in [-0.05, 0) is 59.5 Å². The van der Waals surface area contributed by atoms with Crippen molar-refractivity contribution in [3.8, 4) is 12.1 Å². The van der Waals surface area contributed by atoms with Gasteiger partial charge in [-0.15, -0.1) is 12.4 Å². The van der Waals surface area contributed by atoms with Crippen LogP contribution in [-0.4, -0.2) is 64.2 Å². The second-order valence-corrected chi connectivity index (χ2v) is 8.34. The van der Waals surface area contributed by atoms with E-state index < -0.39 is 16.8 Å². The third-order valence-electron chi connectivity index (χ3n) is 4.70. The summed E-state index contributed by atoms with van der Waals surface area (Å²) in [5.41, 5.74) is -2.13. The lowest BCUT2D eigenvalue weighted by Gasteiger charge is -2.37. The van der Waals surface area contributed by atoms with Crippen molar-refractivity contribution in [1.29, 1.82) is 10.5 Å². The van der Waals surface area contributed by atoms with Crippen molar-refractivity contribution in [3.05, 3.63) is 0 Å². The number of carbonyl (C=O) groups excluding carboxylic acids is 1. The number of amides is 1. The number of nitrogens with one attached hydrogen (secondary N) is 1. The molecule has 0 aromatic carbocycles. The zero-order valence-electron chi connectivity index (χ0n) is 17.0. The highest BCUT2D eigenvalue weighted by Gasteiger charge is 2.35. The van der Waals surface area contributed by atoms with E-state index in [-0.39, 0.29) is 31.3 Å². The number of nitrogens with zero attached hydrogens (tertiary/aromatic N) is 3. The Bertz CT molecular complexity index is 566. The number of hydrogen-bond acceptors (Lipinski definition) is 7. The molecular weight excluding hydrogens is 384 g/mol. The second-order valence-electron chi connectivity index (χ2n) is 8.34. The standard InChI is InChI=1S/C12H20N2O3.C7H12N2O.ClH/c1-11(2,3)17-10(15)14-8-5-12(16,4-7-13)6-9-14;8-4-1-7(10)2-5-9-6-3-7;/h16H,4-6,8-9H2,1-3H3;9-10H,1-3,5-6H2;1H. The SMILES string of the molecule is CC(C)(C)OC(=O)N1CCC(O)(CC#N)CC1.Cl.N#CCC1(O)CCNCC1. The van der Waals surface area contributed by atoms with E-state index in [0.29, 0.717) is 38.8 Å². The van der Waals surface area contributed by atoms with Crippen LogP contribution in [0.3, 0.4) is 0 Å². The largest absolute Gasteiger partial charge is 0.444 e. The van der Waals surface area contributed by atoms with Crippen LogP contribution in [0.15, 0.2) is 0 Å². The van der Waals surface area contributed by atoms with Crippen LogP contribution in [0.5, 0.6) is 0 Å². The first-order valence-electron chi connectivity index (χ1n) is 9.40. The van der Waals surface area contributed by atoms with E-state index in [1.54, 1.807) is 4.90 Å². The Morgan fingerprint density at radius 1 is 1.04 bits per heavy atom. The Morgan fingerprint density at radius 3 is 1.86 bits per heavy atom. The van der Waals surface area contributed by atoms with E-state index in [2.05, 4.69) is 5.32 Å². The first-order chi connectivity index (χ1) is 12.5. The maximum atomic E-state index is 11.7. The van der Waals surface area contributed by atoms with Gasteiger partial charge in [0.25, 0.3) is 0 Å². The molecule has 2 heterocycles. The first-order valence-corrected chi connectivity index (χ1v) is 9.40. The molecule has 8 nitrogen and oxygen atoms in total. The fraction of sp³-hybridized carbons (Fsp3) is 0.842. The van der Waals surface area contributed by atoms with Gasteiger partial charge >= 0.3 is 6.09 Å². The molecule has 0 aliphatic carbocycles. The van der Waals surface area contributed by atoms with Crippen LogP contribution in [0.4, 0.5) is 4.79 Å². The highest BCUT2D eigenvalue weighted by Crippen LogP contribution is 2.26. The van der Waals surface area contributed by atoms with Crippen molar-refractivity contribution >= 4 is 18.5 Å². The molecule has 2 saturated heterocycles. The number of aliphatic hydroxyl groups is 2. The number of carbonyl (C=O) groups is 1. The van der Waals surface area contributed by atoms with Gasteiger partial charge in [-0.1, -0.05) is 0 Å². The lowest BCUT2D eigenvalue weighted by molar-refractivity contribution is -0.0291. The number of hydrogen-bond donors (Lipinski definition) is 3. The molecule has 1 amide bonds. The Kier molecular flexibility index (Phi) is 10.8. The predicted molar refractivity (Wildman–Crippen MR) is 107 cm³/mol. The van der Waals surface area contributed by atoms with Crippen LogP contribution in [0.25, 0.3) is 0 Å². The predicted octanol–water partition coefficient (Wildman–Crippen LogP) is 2.10. The number of nitriles is 2. The smallest absolute Gasteiger partial charge is 0.410 e. The summed E-state index contributed by atoms with van der Waals surface area (Å²) >= 11 is 0. The quantitative estimate of drug-likeness (QED) is 0.628. The Balaban J connectivity index is 0.000000567. The molecule has 0 radical (unpaired) electrons. The van der Waals surface area contributed by atoms with Crippen molar-refractivity contribution < 1.29 is 19.7 Å².